The largest absolute Gasteiger partial charge is 0.352 e. The Bertz CT molecular complexity index is 460. The van der Waals surface area contributed by atoms with Crippen LogP contribution in [0.25, 0.3) is 0 Å². The van der Waals surface area contributed by atoms with Crippen LogP contribution in [0.3, 0.4) is 0 Å². The molecule has 2 bridgehead atoms. The highest BCUT2D eigenvalue weighted by molar-refractivity contribution is 5.82. The monoisotopic (exact) mass is 337 g/mol. The Kier molecular flexibility index (Phi) is 4.82. The summed E-state index contributed by atoms with van der Waals surface area (Å²) < 4.78 is 12.2. The van der Waals surface area contributed by atoms with E-state index in [1.165, 1.54) is 19.3 Å². The van der Waals surface area contributed by atoms with Crippen molar-refractivity contribution in [2.45, 2.75) is 57.0 Å². The average molecular weight is 337 g/mol. The number of fused-ring (bicyclic) bond motifs is 4. The summed E-state index contributed by atoms with van der Waals surface area (Å²) in [4.78, 5) is 17.4. The van der Waals surface area contributed by atoms with E-state index in [1.807, 2.05) is 0 Å². The lowest BCUT2D eigenvalue weighted by Crippen LogP contribution is -2.57. The molecule has 5 fully saturated rings. The Balaban J connectivity index is 1.26. The predicted molar refractivity (Wildman–Crippen MR) is 90.6 cm³/mol. The van der Waals surface area contributed by atoms with Crippen LogP contribution in [0.2, 0.25) is 0 Å². The highest BCUT2D eigenvalue weighted by atomic mass is 16.7. The summed E-state index contributed by atoms with van der Waals surface area (Å²) in [6, 6.07) is 0.00746. The van der Waals surface area contributed by atoms with Crippen molar-refractivity contribution >= 4 is 5.91 Å². The SMILES string of the molecule is CC1CCC2(CC1)OCC(CNC(=O)C1CN3CCCN1CC3)O2. The second kappa shape index (κ2) is 6.90. The van der Waals surface area contributed by atoms with Gasteiger partial charge in [0.1, 0.15) is 12.1 Å². The molecule has 4 aliphatic heterocycles. The Morgan fingerprint density at radius 1 is 1.21 bits per heavy atom. The fourth-order valence-corrected chi connectivity index (χ4v) is 4.61. The standard InChI is InChI=1S/C18H31N3O3/c1-14-3-5-18(6-4-14)23-13-15(24-18)11-19-17(22)16-12-20-7-2-8-21(16)10-9-20/h14-16H,2-13H2,1H3,(H,19,22). The fraction of sp³-hybridized carbons (Fsp3) is 0.944. The molecule has 4 heterocycles. The van der Waals surface area contributed by atoms with E-state index in [0.29, 0.717) is 13.2 Å². The van der Waals surface area contributed by atoms with Crippen molar-refractivity contribution in [3.8, 4) is 0 Å². The molecular weight excluding hydrogens is 306 g/mol. The van der Waals surface area contributed by atoms with Gasteiger partial charge in [-0.3, -0.25) is 14.6 Å². The molecule has 0 aromatic carbocycles. The second-order valence-electron chi connectivity index (χ2n) is 8.10. The Morgan fingerprint density at radius 3 is 2.88 bits per heavy atom. The molecule has 6 nitrogen and oxygen atoms in total. The second-order valence-corrected chi connectivity index (χ2v) is 8.10. The number of hydrogen-bond acceptors (Lipinski definition) is 5. The summed E-state index contributed by atoms with van der Waals surface area (Å²) in [5.74, 6) is 0.568. The minimum absolute atomic E-state index is 0.000581. The van der Waals surface area contributed by atoms with Crippen LogP contribution in [0.5, 0.6) is 0 Å². The summed E-state index contributed by atoms with van der Waals surface area (Å²) in [7, 11) is 0. The smallest absolute Gasteiger partial charge is 0.238 e. The van der Waals surface area contributed by atoms with E-state index < -0.39 is 0 Å². The van der Waals surface area contributed by atoms with E-state index >= 15 is 0 Å². The van der Waals surface area contributed by atoms with Gasteiger partial charge in [-0.15, -0.1) is 0 Å². The maximum absolute atomic E-state index is 12.6. The van der Waals surface area contributed by atoms with Crippen LogP contribution in [0.15, 0.2) is 0 Å². The minimum Gasteiger partial charge on any atom is -0.352 e. The van der Waals surface area contributed by atoms with Gasteiger partial charge in [0.15, 0.2) is 5.79 Å². The lowest BCUT2D eigenvalue weighted by Gasteiger charge is -2.36. The molecule has 1 amide bonds. The molecule has 4 saturated heterocycles. The van der Waals surface area contributed by atoms with Crippen LogP contribution in [0.4, 0.5) is 0 Å². The van der Waals surface area contributed by atoms with Crippen molar-refractivity contribution in [3.05, 3.63) is 0 Å². The number of hydrogen-bond donors (Lipinski definition) is 1. The van der Waals surface area contributed by atoms with Crippen molar-refractivity contribution in [2.24, 2.45) is 5.92 Å². The third kappa shape index (κ3) is 3.47. The molecule has 5 rings (SSSR count). The summed E-state index contributed by atoms with van der Waals surface area (Å²) >= 11 is 0. The van der Waals surface area contributed by atoms with Gasteiger partial charge in [0, 0.05) is 45.6 Å². The first-order valence-electron chi connectivity index (χ1n) is 9.69. The Hall–Kier alpha value is -0.690. The van der Waals surface area contributed by atoms with Crippen molar-refractivity contribution in [3.63, 3.8) is 0 Å². The highest BCUT2D eigenvalue weighted by Crippen LogP contribution is 2.39. The van der Waals surface area contributed by atoms with Gasteiger partial charge in [-0.2, -0.15) is 0 Å². The molecule has 4 atom stereocenters. The summed E-state index contributed by atoms with van der Waals surface area (Å²) in [5, 5.41) is 3.13. The summed E-state index contributed by atoms with van der Waals surface area (Å²) in [6.07, 6.45) is 5.50. The molecule has 1 spiro atoms. The van der Waals surface area contributed by atoms with E-state index in [2.05, 4.69) is 22.0 Å². The third-order valence-electron chi connectivity index (χ3n) is 6.25. The van der Waals surface area contributed by atoms with Crippen LogP contribution in [0, 0.1) is 5.92 Å². The van der Waals surface area contributed by atoms with Gasteiger partial charge in [-0.25, -0.2) is 0 Å². The maximum Gasteiger partial charge on any atom is 0.238 e. The average Bonchev–Trinajstić information content (AvgIpc) is 2.76. The molecule has 5 aliphatic rings. The van der Waals surface area contributed by atoms with Crippen molar-refractivity contribution in [2.75, 3.05) is 45.9 Å². The zero-order valence-corrected chi connectivity index (χ0v) is 14.8. The summed E-state index contributed by atoms with van der Waals surface area (Å²) in [5.41, 5.74) is 0. The molecule has 1 aliphatic carbocycles. The molecule has 1 N–H and O–H groups in total. The first kappa shape index (κ1) is 16.8. The number of nitrogens with zero attached hydrogens (tertiary/aromatic N) is 2. The van der Waals surface area contributed by atoms with Crippen LogP contribution < -0.4 is 5.32 Å². The molecule has 24 heavy (non-hydrogen) atoms. The number of rotatable bonds is 3. The molecule has 1 saturated carbocycles. The number of carbonyl (C=O) groups excluding carboxylic acids is 1. The number of piperazine rings is 1. The maximum atomic E-state index is 12.6. The number of carbonyl (C=O) groups is 1. The number of nitrogens with one attached hydrogen (secondary N) is 1. The van der Waals surface area contributed by atoms with Crippen LogP contribution in [0.1, 0.15) is 39.0 Å². The fourth-order valence-electron chi connectivity index (χ4n) is 4.61. The molecular formula is C18H31N3O3. The van der Waals surface area contributed by atoms with Gasteiger partial charge < -0.3 is 14.8 Å². The van der Waals surface area contributed by atoms with Crippen molar-refractivity contribution < 1.29 is 14.3 Å². The number of amides is 1. The minimum atomic E-state index is -0.363. The molecule has 0 radical (unpaired) electrons. The van der Waals surface area contributed by atoms with E-state index in [0.717, 1.165) is 51.5 Å². The van der Waals surface area contributed by atoms with Crippen molar-refractivity contribution in [1.82, 2.24) is 15.1 Å². The van der Waals surface area contributed by atoms with E-state index in [-0.39, 0.29) is 23.8 Å². The van der Waals surface area contributed by atoms with Crippen LogP contribution >= 0.6 is 0 Å². The molecule has 4 unspecified atom stereocenters. The van der Waals surface area contributed by atoms with E-state index in [9.17, 15) is 4.79 Å². The van der Waals surface area contributed by atoms with Gasteiger partial charge in [-0.1, -0.05) is 6.92 Å². The highest BCUT2D eigenvalue weighted by Gasteiger charge is 2.43. The van der Waals surface area contributed by atoms with Crippen LogP contribution in [-0.4, -0.2) is 79.5 Å². The topological polar surface area (TPSA) is 54.0 Å². The molecule has 0 aromatic rings. The lowest BCUT2D eigenvalue weighted by atomic mass is 9.86. The molecule has 6 heteroatoms. The summed E-state index contributed by atoms with van der Waals surface area (Å²) in [6.45, 7) is 8.63. The van der Waals surface area contributed by atoms with E-state index in [1.54, 1.807) is 0 Å². The van der Waals surface area contributed by atoms with Gasteiger partial charge >= 0.3 is 0 Å². The first-order valence-corrected chi connectivity index (χ1v) is 9.69. The van der Waals surface area contributed by atoms with Crippen LogP contribution in [-0.2, 0) is 14.3 Å². The third-order valence-corrected chi connectivity index (χ3v) is 6.25. The Morgan fingerprint density at radius 2 is 2.04 bits per heavy atom. The van der Waals surface area contributed by atoms with Gasteiger partial charge in [-0.05, 0) is 31.7 Å². The molecule has 0 aromatic heterocycles. The van der Waals surface area contributed by atoms with Gasteiger partial charge in [0.25, 0.3) is 0 Å². The van der Waals surface area contributed by atoms with Gasteiger partial charge in [0.2, 0.25) is 5.91 Å². The zero-order valence-electron chi connectivity index (χ0n) is 14.8. The van der Waals surface area contributed by atoms with Crippen molar-refractivity contribution in [1.29, 1.82) is 0 Å². The first-order chi connectivity index (χ1) is 11.6. The predicted octanol–water partition coefficient (Wildman–Crippen LogP) is 0.814. The Labute approximate surface area is 144 Å². The molecule has 136 valence electrons. The number of ether oxygens (including phenoxy) is 2. The normalized spacial score (nSPS) is 45.3. The lowest BCUT2D eigenvalue weighted by molar-refractivity contribution is -0.191. The van der Waals surface area contributed by atoms with Gasteiger partial charge in [0.05, 0.1) is 6.61 Å². The van der Waals surface area contributed by atoms with E-state index in [4.69, 9.17) is 9.47 Å². The quantitative estimate of drug-likeness (QED) is 0.826. The zero-order chi connectivity index (χ0) is 16.6.